The molecule has 0 atom stereocenters. The fourth-order valence-electron chi connectivity index (χ4n) is 15.9. The molecule has 0 spiro atoms. The van der Waals surface area contributed by atoms with Crippen molar-refractivity contribution in [1.82, 2.24) is 15.0 Å². The summed E-state index contributed by atoms with van der Waals surface area (Å²) in [5.41, 5.74) is 10.5. The van der Waals surface area contributed by atoms with E-state index in [1.807, 2.05) is 85.2 Å². The predicted molar refractivity (Wildman–Crippen MR) is 309 cm³/mol. The summed E-state index contributed by atoms with van der Waals surface area (Å²) < 4.78 is 92.7. The van der Waals surface area contributed by atoms with Crippen LogP contribution in [0.4, 0.5) is 26.3 Å². The maximum atomic E-state index is 17.7. The Labute approximate surface area is 493 Å². The van der Waals surface area contributed by atoms with Gasteiger partial charge in [-0.1, -0.05) is 152 Å². The summed E-state index contributed by atoms with van der Waals surface area (Å²) in [5, 5.41) is 0. The van der Waals surface area contributed by atoms with Crippen LogP contribution in [-0.2, 0) is 41.8 Å². The summed E-state index contributed by atoms with van der Waals surface area (Å²) in [6, 6.07) is 57.7. The van der Waals surface area contributed by atoms with Gasteiger partial charge in [0.25, 0.3) is 0 Å². The van der Waals surface area contributed by atoms with E-state index in [-0.39, 0.29) is 47.6 Å². The summed E-state index contributed by atoms with van der Waals surface area (Å²) >= 11 is 0. The number of aromatic nitrogens is 3. The SMILES string of the molecule is Fc1c[c-]c(-c2ccc(C34CCCC3(c3cc(-c5cc(F)cc(F)c5-c5cnc(-c6[c-]cccc6)cc5-c5ccc(-c6ccccc6)cc5)cc(C56CCCC5(c5ccc(-c7[c-]cc(F)cc7F)nc5)CCC6)c3)CCC4)cn2)c(F)c1.[Ir+3]. The van der Waals surface area contributed by atoms with Gasteiger partial charge in [-0.05, 0) is 130 Å². The van der Waals surface area contributed by atoms with E-state index in [1.165, 1.54) is 6.07 Å². The molecule has 14 rings (SSSR count). The zero-order valence-corrected chi connectivity index (χ0v) is 47.6. The molecule has 4 aliphatic carbocycles. The molecule has 4 aliphatic rings. The normalized spacial score (nSPS) is 21.6. The van der Waals surface area contributed by atoms with Crippen LogP contribution in [0, 0.1) is 53.1 Å². The van der Waals surface area contributed by atoms with E-state index in [0.29, 0.717) is 33.8 Å². The number of hydrogen-bond acceptors (Lipinski definition) is 3. The summed E-state index contributed by atoms with van der Waals surface area (Å²) in [6.45, 7) is 0. The van der Waals surface area contributed by atoms with Crippen molar-refractivity contribution in [3.05, 3.63) is 258 Å². The third kappa shape index (κ3) is 9.01. The molecule has 3 nitrogen and oxygen atoms in total. The minimum atomic E-state index is -0.734. The Morgan fingerprint density at radius 1 is 0.349 bits per heavy atom. The Bertz CT molecular complexity index is 3910. The van der Waals surface area contributed by atoms with Crippen molar-refractivity contribution in [2.24, 2.45) is 0 Å². The summed E-state index contributed by atoms with van der Waals surface area (Å²) in [6.07, 6.45) is 16.2. The predicted octanol–water partition coefficient (Wildman–Crippen LogP) is 18.9. The van der Waals surface area contributed by atoms with Crippen molar-refractivity contribution in [1.29, 1.82) is 0 Å². The van der Waals surface area contributed by atoms with Gasteiger partial charge in [0.05, 0.1) is 0 Å². The van der Waals surface area contributed by atoms with E-state index in [4.69, 9.17) is 15.0 Å². The van der Waals surface area contributed by atoms with E-state index in [2.05, 4.69) is 72.8 Å². The molecular weight excluding hydrogens is 1230 g/mol. The first-order chi connectivity index (χ1) is 40.0. The van der Waals surface area contributed by atoms with E-state index >= 15 is 17.6 Å². The molecular formula is C73H54F6IrN3. The molecule has 0 radical (unpaired) electrons. The van der Waals surface area contributed by atoms with Crippen molar-refractivity contribution >= 4 is 0 Å². The van der Waals surface area contributed by atoms with Gasteiger partial charge in [0, 0.05) is 80.7 Å². The Kier molecular flexibility index (Phi) is 14.1. The van der Waals surface area contributed by atoms with Crippen molar-refractivity contribution in [2.75, 3.05) is 0 Å². The number of pyridine rings is 3. The quantitative estimate of drug-likeness (QED) is 0.0957. The van der Waals surface area contributed by atoms with Crippen molar-refractivity contribution in [2.45, 2.75) is 98.7 Å². The second kappa shape index (κ2) is 21.4. The van der Waals surface area contributed by atoms with Gasteiger partial charge in [-0.2, -0.15) is 0 Å². The third-order valence-corrected chi connectivity index (χ3v) is 19.4. The summed E-state index contributed by atoms with van der Waals surface area (Å²) in [7, 11) is 0. The topological polar surface area (TPSA) is 38.7 Å². The Hall–Kier alpha value is -7.78. The zero-order chi connectivity index (χ0) is 55.8. The number of hydrogen-bond donors (Lipinski definition) is 0. The molecule has 0 N–H and O–H groups in total. The van der Waals surface area contributed by atoms with Crippen LogP contribution in [0.15, 0.2) is 182 Å². The molecule has 3 heterocycles. The standard InChI is InChI=1S/C73H54F6N3.Ir/c74-55-21-23-58(63(77)39-55)66-25-19-51(43-80-66)70-27-7-31-72(70,32-8-28-70)53-35-50(36-54(37-53)73-33-9-29-71(73,30-10-34-73)52-20-26-67(81-44-52)59-24-22-56(75)40-64(59)78)61-38-57(76)41-65(79)69(61)62-45-82-68(49-13-5-2-6-14-49)42-60(62)48-17-15-47(16-18-48)46-11-3-1-4-12-46;/h1-6,11-13,15-22,25-26,35-45H,7-10,27-34H2;/q-3;+3. The number of rotatable bonds is 11. The second-order valence-electron chi connectivity index (χ2n) is 23.1. The third-order valence-electron chi connectivity index (χ3n) is 19.4. The molecule has 0 aliphatic heterocycles. The molecule has 0 saturated heterocycles. The van der Waals surface area contributed by atoms with Crippen LogP contribution >= 0.6 is 0 Å². The van der Waals surface area contributed by atoms with Gasteiger partial charge >= 0.3 is 20.1 Å². The van der Waals surface area contributed by atoms with Crippen LogP contribution in [0.25, 0.3) is 78.3 Å². The minimum absolute atomic E-state index is 0. The van der Waals surface area contributed by atoms with Gasteiger partial charge in [0.2, 0.25) is 0 Å². The smallest absolute Gasteiger partial charge is 0.304 e. The van der Waals surface area contributed by atoms with E-state index in [1.54, 1.807) is 6.20 Å². The molecule has 4 fully saturated rings. The van der Waals surface area contributed by atoms with Gasteiger partial charge in [-0.15, -0.1) is 60.2 Å². The number of fused-ring (bicyclic) bond motifs is 2. The Morgan fingerprint density at radius 2 is 0.831 bits per heavy atom. The maximum Gasteiger partial charge on any atom is 3.00 e. The molecule has 4 saturated carbocycles. The first kappa shape index (κ1) is 54.5. The molecule has 7 aromatic carbocycles. The molecule has 10 heteroatoms. The molecule has 0 bridgehead atoms. The molecule has 0 unspecified atom stereocenters. The fraction of sp³-hybridized carbons (Fsp3) is 0.219. The van der Waals surface area contributed by atoms with E-state index in [0.717, 1.165) is 157 Å². The average Bonchev–Trinajstić information content (AvgIpc) is 1.99. The maximum absolute atomic E-state index is 17.7. The Balaban J connectivity index is 0.00000645. The van der Waals surface area contributed by atoms with Gasteiger partial charge in [-0.3, -0.25) is 17.6 Å². The molecule has 0 amide bonds. The fourth-order valence-corrected chi connectivity index (χ4v) is 15.9. The van der Waals surface area contributed by atoms with Crippen LogP contribution in [0.3, 0.4) is 0 Å². The van der Waals surface area contributed by atoms with E-state index in [9.17, 15) is 8.78 Å². The van der Waals surface area contributed by atoms with Crippen LogP contribution in [0.2, 0.25) is 0 Å². The van der Waals surface area contributed by atoms with Gasteiger partial charge < -0.3 is 15.0 Å². The molecule has 412 valence electrons. The first-order valence-electron chi connectivity index (χ1n) is 28.4. The largest absolute Gasteiger partial charge is 3.00 e. The zero-order valence-electron chi connectivity index (χ0n) is 45.2. The number of benzene rings is 7. The first-order valence-corrected chi connectivity index (χ1v) is 28.4. The van der Waals surface area contributed by atoms with Gasteiger partial charge in [0.15, 0.2) is 0 Å². The average molecular weight is 1280 g/mol. The van der Waals surface area contributed by atoms with Crippen molar-refractivity contribution in [3.8, 4) is 78.3 Å². The van der Waals surface area contributed by atoms with Crippen LogP contribution in [-0.4, -0.2) is 15.0 Å². The molecule has 3 aromatic heterocycles. The van der Waals surface area contributed by atoms with Gasteiger partial charge in [0.1, 0.15) is 11.6 Å². The van der Waals surface area contributed by atoms with E-state index < -0.39 is 45.7 Å². The Morgan fingerprint density at radius 3 is 1.33 bits per heavy atom. The monoisotopic (exact) mass is 1280 g/mol. The number of halogens is 6. The minimum Gasteiger partial charge on any atom is -0.304 e. The molecule has 10 aromatic rings. The van der Waals surface area contributed by atoms with Crippen LogP contribution < -0.4 is 0 Å². The van der Waals surface area contributed by atoms with Gasteiger partial charge in [-0.25, -0.2) is 8.78 Å². The van der Waals surface area contributed by atoms with Crippen molar-refractivity contribution in [3.63, 3.8) is 0 Å². The molecule has 83 heavy (non-hydrogen) atoms. The summed E-state index contributed by atoms with van der Waals surface area (Å²) in [5.74, 6) is -4.30. The summed E-state index contributed by atoms with van der Waals surface area (Å²) in [4.78, 5) is 14.7. The number of nitrogens with zero attached hydrogens (tertiary/aromatic N) is 3. The van der Waals surface area contributed by atoms with Crippen LogP contribution in [0.5, 0.6) is 0 Å². The van der Waals surface area contributed by atoms with Crippen molar-refractivity contribution < 1.29 is 46.4 Å². The second-order valence-corrected chi connectivity index (χ2v) is 23.1. The van der Waals surface area contributed by atoms with Crippen LogP contribution in [0.1, 0.15) is 99.3 Å².